The normalized spacial score (nSPS) is 14.4. The smallest absolute Gasteiger partial charge is 0.340 e. The zero-order chi connectivity index (χ0) is 40.4. The number of carbonyl (C=O) groups excluding carboxylic acids is 2. The number of nitrogens with one attached hydrogen (secondary N) is 2. The number of ether oxygens (including phenoxy) is 3. The molecule has 1 atom stereocenters. The van der Waals surface area contributed by atoms with Gasteiger partial charge in [0, 0.05) is 52.9 Å². The number of carbonyl (C=O) groups is 2. The number of fused-ring (bicyclic) bond motifs is 2. The Balaban J connectivity index is 0.000000194. The molecular weight excluding hydrogens is 743 g/mol. The zero-order valence-electron chi connectivity index (χ0n) is 33.0. The fourth-order valence-corrected chi connectivity index (χ4v) is 7.72. The Kier molecular flexibility index (Phi) is 14.0. The predicted molar refractivity (Wildman–Crippen MR) is 222 cm³/mol. The summed E-state index contributed by atoms with van der Waals surface area (Å²) in [5.74, 6) is -0.674. The number of hydrogen-bond donors (Lipinski definition) is 2. The second-order valence-corrected chi connectivity index (χ2v) is 16.1. The van der Waals surface area contributed by atoms with Gasteiger partial charge in [0.05, 0.1) is 30.6 Å². The number of aryl methyl sites for hydroxylation is 2. The van der Waals surface area contributed by atoms with Gasteiger partial charge in [-0.2, -0.15) is 8.42 Å². The van der Waals surface area contributed by atoms with Crippen molar-refractivity contribution in [2.45, 2.75) is 58.8 Å². The summed E-state index contributed by atoms with van der Waals surface area (Å²) in [6.07, 6.45) is 4.85. The Hall–Kier alpha value is -5.27. The minimum atomic E-state index is -3.47. The third kappa shape index (κ3) is 11.2. The molecule has 57 heavy (non-hydrogen) atoms. The number of methoxy groups -OCH3 is 1. The molecule has 0 bridgehead atoms. The van der Waals surface area contributed by atoms with Crippen LogP contribution in [0.4, 0.5) is 0 Å². The summed E-state index contributed by atoms with van der Waals surface area (Å²) in [6, 6.07) is 31.8. The highest BCUT2D eigenvalue weighted by atomic mass is 32.2. The first kappa shape index (κ1) is 41.4. The van der Waals surface area contributed by atoms with E-state index in [1.54, 1.807) is 7.11 Å². The average Bonchev–Trinajstić information content (AvgIpc) is 3.89. The lowest BCUT2D eigenvalue weighted by Gasteiger charge is -2.23. The average molecular weight is 794 g/mol. The van der Waals surface area contributed by atoms with Crippen molar-refractivity contribution in [3.63, 3.8) is 0 Å². The zero-order valence-corrected chi connectivity index (χ0v) is 33.8. The molecule has 1 fully saturated rings. The van der Waals surface area contributed by atoms with Gasteiger partial charge in [-0.05, 0) is 92.6 Å². The van der Waals surface area contributed by atoms with Gasteiger partial charge >= 0.3 is 11.9 Å². The van der Waals surface area contributed by atoms with Crippen LogP contribution in [0.3, 0.4) is 0 Å². The Bertz CT molecular complexity index is 2390. The van der Waals surface area contributed by atoms with Crippen LogP contribution in [0.1, 0.15) is 67.2 Å². The fraction of sp³-hybridized carbons (Fsp3) is 0.333. The minimum Gasteiger partial charge on any atom is -0.457 e. The number of nitrogens with zero attached hydrogens (tertiary/aromatic N) is 1. The molecule has 3 heterocycles. The quantitative estimate of drug-likeness (QED) is 0.0787. The maximum absolute atomic E-state index is 12.8. The molecule has 7 rings (SSSR count). The highest BCUT2D eigenvalue weighted by Crippen LogP contribution is 2.27. The summed E-state index contributed by atoms with van der Waals surface area (Å²) >= 11 is 0. The van der Waals surface area contributed by atoms with Gasteiger partial charge in [0.15, 0.2) is 0 Å². The van der Waals surface area contributed by atoms with Gasteiger partial charge in [0.2, 0.25) is 0 Å². The van der Waals surface area contributed by atoms with E-state index in [1.807, 2.05) is 92.7 Å². The molecule has 1 aliphatic rings. The van der Waals surface area contributed by atoms with E-state index in [1.165, 1.54) is 18.4 Å². The van der Waals surface area contributed by atoms with E-state index < -0.39 is 16.1 Å². The molecular formula is C45H51N3O8S. The molecule has 6 aromatic rings. The summed E-state index contributed by atoms with van der Waals surface area (Å²) in [4.78, 5) is 34.5. The molecule has 2 N–H and O–H groups in total. The van der Waals surface area contributed by atoms with Crippen LogP contribution in [0, 0.1) is 13.8 Å². The number of esters is 2. The van der Waals surface area contributed by atoms with Crippen molar-refractivity contribution in [1.82, 2.24) is 14.9 Å². The maximum Gasteiger partial charge on any atom is 0.340 e. The Morgan fingerprint density at radius 2 is 1.23 bits per heavy atom. The minimum absolute atomic E-state index is 0.0571. The topological polar surface area (TPSA) is 140 Å². The molecule has 12 heteroatoms. The third-order valence-electron chi connectivity index (χ3n) is 10.2. The van der Waals surface area contributed by atoms with E-state index in [4.69, 9.17) is 18.4 Å². The Morgan fingerprint density at radius 1 is 0.719 bits per heavy atom. The largest absolute Gasteiger partial charge is 0.457 e. The van der Waals surface area contributed by atoms with Crippen LogP contribution in [0.2, 0.25) is 0 Å². The van der Waals surface area contributed by atoms with Gasteiger partial charge in [-0.1, -0.05) is 72.8 Å². The van der Waals surface area contributed by atoms with Crippen molar-refractivity contribution < 1.29 is 36.4 Å². The number of aromatic nitrogens is 2. The Morgan fingerprint density at radius 3 is 1.72 bits per heavy atom. The van der Waals surface area contributed by atoms with E-state index >= 15 is 0 Å². The van der Waals surface area contributed by atoms with Crippen LogP contribution in [0.5, 0.6) is 0 Å². The lowest BCUT2D eigenvalue weighted by molar-refractivity contribution is 0.0465. The van der Waals surface area contributed by atoms with Crippen molar-refractivity contribution in [2.24, 2.45) is 0 Å². The number of H-pyrrole nitrogens is 2. The van der Waals surface area contributed by atoms with Crippen LogP contribution < -0.4 is 0 Å². The van der Waals surface area contributed by atoms with E-state index in [9.17, 15) is 18.0 Å². The van der Waals surface area contributed by atoms with Crippen LogP contribution in [0.25, 0.3) is 21.8 Å². The highest BCUT2D eigenvalue weighted by molar-refractivity contribution is 7.85. The fourth-order valence-electron chi connectivity index (χ4n) is 7.33. The van der Waals surface area contributed by atoms with Crippen molar-refractivity contribution in [2.75, 3.05) is 39.7 Å². The molecule has 2 aromatic heterocycles. The van der Waals surface area contributed by atoms with Gasteiger partial charge in [-0.3, -0.25) is 9.08 Å². The van der Waals surface area contributed by atoms with Gasteiger partial charge in [-0.15, -0.1) is 0 Å². The van der Waals surface area contributed by atoms with E-state index in [2.05, 4.69) is 33.1 Å². The number of likely N-dealkylation sites (tertiary alicyclic amines) is 1. The number of aromatic amines is 2. The van der Waals surface area contributed by atoms with Crippen molar-refractivity contribution in [3.8, 4) is 0 Å². The summed E-state index contributed by atoms with van der Waals surface area (Å²) < 4.78 is 43.4. The van der Waals surface area contributed by atoms with Gasteiger partial charge < -0.3 is 24.2 Å². The molecule has 1 saturated heterocycles. The predicted octanol–water partition coefficient (Wildman–Crippen LogP) is 7.84. The molecule has 0 saturated carbocycles. The summed E-state index contributed by atoms with van der Waals surface area (Å²) in [7, 11) is -1.69. The van der Waals surface area contributed by atoms with Crippen LogP contribution >= 0.6 is 0 Å². The standard InChI is InChI=1S/C25H30N2O3.C20H21NO5S/c1-18-24(25(28)30-16-20-7-4-3-5-8-20)22-15-19(10-11-23(22)26-18)12-14-27-13-6-9-21(27)17-29-2;1-14-19(20(22)25-13-16-6-4-3-5-7-16)17-12-15(8-9-18(17)21-14)10-11-26-27(2,23)24/h3-5,7-8,10-11,15,21,26H,6,9,12-14,16-17H2,1-2H3;3-9,12,21H,10-11,13H2,1-2H3/t21-;/m1./s1. The van der Waals surface area contributed by atoms with Gasteiger partial charge in [-0.25, -0.2) is 9.59 Å². The molecule has 0 amide bonds. The van der Waals surface area contributed by atoms with Crippen molar-refractivity contribution in [1.29, 1.82) is 0 Å². The van der Waals surface area contributed by atoms with Crippen LogP contribution in [-0.4, -0.2) is 80.9 Å². The number of hydrogen-bond acceptors (Lipinski definition) is 9. The molecule has 11 nitrogen and oxygen atoms in total. The summed E-state index contributed by atoms with van der Waals surface area (Å²) in [6.45, 7) is 7.24. The lowest BCUT2D eigenvalue weighted by atomic mass is 10.1. The molecule has 300 valence electrons. The van der Waals surface area contributed by atoms with Crippen molar-refractivity contribution in [3.05, 3.63) is 142 Å². The monoisotopic (exact) mass is 793 g/mol. The second kappa shape index (κ2) is 19.3. The molecule has 0 aliphatic carbocycles. The Labute approximate surface area is 334 Å². The molecule has 0 radical (unpaired) electrons. The number of benzene rings is 4. The molecule has 0 unspecified atom stereocenters. The molecule has 4 aromatic carbocycles. The van der Waals surface area contributed by atoms with Gasteiger partial charge in [0.25, 0.3) is 10.1 Å². The first-order valence-electron chi connectivity index (χ1n) is 19.2. The first-order valence-corrected chi connectivity index (χ1v) is 21.0. The van der Waals surface area contributed by atoms with Gasteiger partial charge in [0.1, 0.15) is 13.2 Å². The van der Waals surface area contributed by atoms with E-state index in [0.29, 0.717) is 23.6 Å². The highest BCUT2D eigenvalue weighted by Gasteiger charge is 2.24. The van der Waals surface area contributed by atoms with Crippen molar-refractivity contribution >= 4 is 43.9 Å². The second-order valence-electron chi connectivity index (χ2n) is 14.4. The third-order valence-corrected chi connectivity index (χ3v) is 10.8. The maximum atomic E-state index is 12.8. The molecule has 0 spiro atoms. The first-order chi connectivity index (χ1) is 27.5. The molecule has 1 aliphatic heterocycles. The lowest BCUT2D eigenvalue weighted by Crippen LogP contribution is -2.34. The number of rotatable bonds is 15. The van der Waals surface area contributed by atoms with E-state index in [0.717, 1.165) is 82.3 Å². The van der Waals surface area contributed by atoms with E-state index in [-0.39, 0.29) is 25.8 Å². The SMILES string of the molecule is COC[C@H]1CCCN1CCc1ccc2[nH]c(C)c(C(=O)OCc3ccccc3)c2c1.Cc1[nH]c2ccc(CCOS(C)(=O)=O)cc2c1C(=O)OCc1ccccc1. The van der Waals surface area contributed by atoms with Crippen LogP contribution in [0.15, 0.2) is 97.1 Å². The summed E-state index contributed by atoms with van der Waals surface area (Å²) in [5, 5.41) is 1.69. The summed E-state index contributed by atoms with van der Waals surface area (Å²) in [5.41, 5.74) is 8.53. The van der Waals surface area contributed by atoms with Crippen LogP contribution in [-0.2, 0) is 54.6 Å².